The number of hydrogen-bond donors (Lipinski definition) is 1. The fourth-order valence-electron chi connectivity index (χ4n) is 4.31. The molecule has 1 atom stereocenters. The zero-order valence-electron chi connectivity index (χ0n) is 18.2. The van der Waals surface area contributed by atoms with E-state index >= 15 is 4.39 Å². The number of fused-ring (bicyclic) bond motifs is 1. The van der Waals surface area contributed by atoms with E-state index in [1.807, 2.05) is 20.8 Å². The highest BCUT2D eigenvalue weighted by atomic mass is 35.5. The van der Waals surface area contributed by atoms with E-state index < -0.39 is 11.4 Å². The van der Waals surface area contributed by atoms with Gasteiger partial charge >= 0.3 is 5.97 Å². The standard InChI is InChI=1S/C26H23ClFNO3/c1-25(2,3)19-10-8-16(13-21(19)28)26(4)20-11-9-17(27)14-22(20)29(24(26)32)18-7-5-6-15(12-18)23(30)31/h5-14H,1-4H3,(H,30,31). The summed E-state index contributed by atoms with van der Waals surface area (Å²) in [4.78, 5) is 26.8. The molecule has 3 aromatic carbocycles. The third kappa shape index (κ3) is 3.37. The number of hydrogen-bond acceptors (Lipinski definition) is 2. The smallest absolute Gasteiger partial charge is 0.335 e. The molecule has 3 aromatic rings. The average molecular weight is 452 g/mol. The quantitative estimate of drug-likeness (QED) is 0.497. The maximum absolute atomic E-state index is 15.1. The molecule has 4 nitrogen and oxygen atoms in total. The van der Waals surface area contributed by atoms with Crippen LogP contribution in [0.4, 0.5) is 15.8 Å². The van der Waals surface area contributed by atoms with Gasteiger partial charge in [0.05, 0.1) is 16.7 Å². The molecule has 1 N–H and O–H groups in total. The number of benzene rings is 3. The van der Waals surface area contributed by atoms with E-state index in [1.165, 1.54) is 23.1 Å². The van der Waals surface area contributed by atoms with Crippen molar-refractivity contribution in [3.8, 4) is 0 Å². The molecule has 6 heteroatoms. The summed E-state index contributed by atoms with van der Waals surface area (Å²) in [6, 6.07) is 16.2. The maximum Gasteiger partial charge on any atom is 0.335 e. The maximum atomic E-state index is 15.1. The summed E-state index contributed by atoms with van der Waals surface area (Å²) in [7, 11) is 0. The molecule has 0 aromatic heterocycles. The van der Waals surface area contributed by atoms with Gasteiger partial charge in [-0.15, -0.1) is 0 Å². The molecule has 0 radical (unpaired) electrons. The molecule has 0 spiro atoms. The molecule has 32 heavy (non-hydrogen) atoms. The third-order valence-corrected chi connectivity index (χ3v) is 6.31. The van der Waals surface area contributed by atoms with Gasteiger partial charge in [0, 0.05) is 10.7 Å². The number of halogens is 2. The van der Waals surface area contributed by atoms with Gasteiger partial charge in [-0.05, 0) is 65.4 Å². The van der Waals surface area contributed by atoms with Gasteiger partial charge in [-0.3, -0.25) is 9.69 Å². The first-order valence-electron chi connectivity index (χ1n) is 10.2. The van der Waals surface area contributed by atoms with E-state index in [0.717, 1.165) is 0 Å². The Balaban J connectivity index is 1.92. The Kier molecular flexibility index (Phi) is 5.13. The van der Waals surface area contributed by atoms with Crippen molar-refractivity contribution in [3.05, 3.63) is 93.8 Å². The highest BCUT2D eigenvalue weighted by molar-refractivity contribution is 6.31. The molecule has 4 rings (SSSR count). The minimum absolute atomic E-state index is 0.0630. The highest BCUT2D eigenvalue weighted by Crippen LogP contribution is 2.50. The van der Waals surface area contributed by atoms with Crippen LogP contribution in [-0.2, 0) is 15.6 Å². The second-order valence-electron chi connectivity index (χ2n) is 9.23. The van der Waals surface area contributed by atoms with Crippen LogP contribution in [0.15, 0.2) is 60.7 Å². The van der Waals surface area contributed by atoms with Gasteiger partial charge in [0.25, 0.3) is 0 Å². The van der Waals surface area contributed by atoms with Crippen LogP contribution in [0.2, 0.25) is 5.02 Å². The highest BCUT2D eigenvalue weighted by Gasteiger charge is 2.49. The number of aromatic carboxylic acids is 1. The Morgan fingerprint density at radius 1 is 1.06 bits per heavy atom. The number of anilines is 2. The Morgan fingerprint density at radius 3 is 2.41 bits per heavy atom. The van der Waals surface area contributed by atoms with Crippen LogP contribution in [-0.4, -0.2) is 17.0 Å². The first-order valence-corrected chi connectivity index (χ1v) is 10.6. The normalized spacial score (nSPS) is 18.1. The molecule has 0 fully saturated rings. The lowest BCUT2D eigenvalue weighted by Gasteiger charge is -2.27. The fraction of sp³-hybridized carbons (Fsp3) is 0.231. The zero-order valence-corrected chi connectivity index (χ0v) is 19.0. The van der Waals surface area contributed by atoms with Crippen LogP contribution < -0.4 is 4.90 Å². The Hall–Kier alpha value is -3.18. The predicted octanol–water partition coefficient (Wildman–Crippen LogP) is 6.46. The van der Waals surface area contributed by atoms with Crippen LogP contribution in [0.25, 0.3) is 0 Å². The van der Waals surface area contributed by atoms with Gasteiger partial charge < -0.3 is 5.11 Å². The minimum Gasteiger partial charge on any atom is -0.478 e. The number of rotatable bonds is 3. The summed E-state index contributed by atoms with van der Waals surface area (Å²) in [5, 5.41) is 9.83. The minimum atomic E-state index is -1.17. The molecule has 0 saturated carbocycles. The molecule has 0 aliphatic carbocycles. The molecule has 1 amide bonds. The van der Waals surface area contributed by atoms with E-state index in [1.54, 1.807) is 49.4 Å². The largest absolute Gasteiger partial charge is 0.478 e. The van der Waals surface area contributed by atoms with Crippen LogP contribution in [0, 0.1) is 5.82 Å². The molecule has 0 saturated heterocycles. The number of amides is 1. The molecular weight excluding hydrogens is 429 g/mol. The number of carbonyl (C=O) groups is 2. The van der Waals surface area contributed by atoms with Gasteiger partial charge in [-0.2, -0.15) is 0 Å². The second-order valence-corrected chi connectivity index (χ2v) is 9.66. The van der Waals surface area contributed by atoms with Gasteiger partial charge in [-0.1, -0.05) is 56.6 Å². The van der Waals surface area contributed by atoms with Crippen molar-refractivity contribution in [3.63, 3.8) is 0 Å². The van der Waals surface area contributed by atoms with Crippen molar-refractivity contribution in [1.82, 2.24) is 0 Å². The van der Waals surface area contributed by atoms with Gasteiger partial charge in [0.1, 0.15) is 5.82 Å². The number of carbonyl (C=O) groups excluding carboxylic acids is 1. The topological polar surface area (TPSA) is 57.6 Å². The Morgan fingerprint density at radius 2 is 1.78 bits per heavy atom. The number of nitrogens with zero attached hydrogens (tertiary/aromatic N) is 1. The third-order valence-electron chi connectivity index (χ3n) is 6.08. The van der Waals surface area contributed by atoms with E-state index in [9.17, 15) is 14.7 Å². The SMILES string of the molecule is CC(C)(C)c1ccc(C2(C)C(=O)N(c3cccc(C(=O)O)c3)c3cc(Cl)ccc32)cc1F. The van der Waals surface area contributed by atoms with Crippen LogP contribution in [0.3, 0.4) is 0 Å². The van der Waals surface area contributed by atoms with E-state index in [0.29, 0.717) is 33.1 Å². The van der Waals surface area contributed by atoms with E-state index in [2.05, 4.69) is 0 Å². The van der Waals surface area contributed by atoms with Crippen molar-refractivity contribution >= 4 is 34.9 Å². The molecule has 1 heterocycles. The van der Waals surface area contributed by atoms with Crippen LogP contribution in [0.1, 0.15) is 54.7 Å². The van der Waals surface area contributed by atoms with E-state index in [-0.39, 0.29) is 22.7 Å². The molecule has 1 aliphatic rings. The lowest BCUT2D eigenvalue weighted by Crippen LogP contribution is -2.37. The Bertz CT molecular complexity index is 1260. The van der Waals surface area contributed by atoms with Crippen molar-refractivity contribution < 1.29 is 19.1 Å². The molecule has 1 aliphatic heterocycles. The summed E-state index contributed by atoms with van der Waals surface area (Å²) in [6.07, 6.45) is 0. The van der Waals surface area contributed by atoms with Gasteiger partial charge in [-0.25, -0.2) is 9.18 Å². The second kappa shape index (κ2) is 7.45. The van der Waals surface area contributed by atoms with E-state index in [4.69, 9.17) is 11.6 Å². The van der Waals surface area contributed by atoms with Gasteiger partial charge in [0.2, 0.25) is 5.91 Å². The predicted molar refractivity (Wildman–Crippen MR) is 124 cm³/mol. The fourth-order valence-corrected chi connectivity index (χ4v) is 4.47. The van der Waals surface area contributed by atoms with Crippen LogP contribution >= 0.6 is 11.6 Å². The Labute approximate surface area is 191 Å². The molecule has 164 valence electrons. The monoisotopic (exact) mass is 451 g/mol. The zero-order chi connectivity index (χ0) is 23.4. The summed E-state index contributed by atoms with van der Waals surface area (Å²) in [5.74, 6) is -1.77. The summed E-state index contributed by atoms with van der Waals surface area (Å²) in [5.41, 5.74) is 1.24. The lowest BCUT2D eigenvalue weighted by atomic mass is 9.75. The van der Waals surface area contributed by atoms with Crippen molar-refractivity contribution in [1.29, 1.82) is 0 Å². The molecule has 1 unspecified atom stereocenters. The van der Waals surface area contributed by atoms with Crippen LogP contribution in [0.5, 0.6) is 0 Å². The molecular formula is C26H23ClFNO3. The van der Waals surface area contributed by atoms with Crippen molar-refractivity contribution in [2.45, 2.75) is 38.5 Å². The average Bonchev–Trinajstić information content (AvgIpc) is 2.94. The van der Waals surface area contributed by atoms with Crippen molar-refractivity contribution in [2.24, 2.45) is 0 Å². The first kappa shape index (κ1) is 22.0. The summed E-state index contributed by atoms with van der Waals surface area (Å²) < 4.78 is 15.1. The number of carboxylic acid groups (broad SMARTS) is 1. The number of carboxylic acids is 1. The summed E-state index contributed by atoms with van der Waals surface area (Å²) in [6.45, 7) is 7.56. The van der Waals surface area contributed by atoms with Gasteiger partial charge in [0.15, 0.2) is 0 Å². The summed E-state index contributed by atoms with van der Waals surface area (Å²) >= 11 is 6.25. The molecule has 0 bridgehead atoms. The van der Waals surface area contributed by atoms with Crippen molar-refractivity contribution in [2.75, 3.05) is 4.90 Å². The lowest BCUT2D eigenvalue weighted by molar-refractivity contribution is -0.120. The first-order chi connectivity index (χ1) is 14.9.